The van der Waals surface area contributed by atoms with Gasteiger partial charge in [-0.15, -0.1) is 0 Å². The number of halogens is 1. The van der Waals surface area contributed by atoms with Crippen molar-refractivity contribution < 1.29 is 17.6 Å². The van der Waals surface area contributed by atoms with E-state index in [1.165, 1.54) is 9.71 Å². The van der Waals surface area contributed by atoms with Gasteiger partial charge in [0, 0.05) is 55.1 Å². The zero-order valence-corrected chi connectivity index (χ0v) is 18.7. The Morgan fingerprint density at radius 1 is 1.09 bits per heavy atom. The zero-order chi connectivity index (χ0) is 22.7. The number of hydrogen-bond donors (Lipinski definition) is 1. The maximum Gasteiger partial charge on any atom is 0.417 e. The topological polar surface area (TPSA) is 104 Å². The van der Waals surface area contributed by atoms with Gasteiger partial charge in [0.1, 0.15) is 0 Å². The minimum Gasteiger partial charge on any atom is -0.408 e. The van der Waals surface area contributed by atoms with Gasteiger partial charge >= 0.3 is 5.76 Å². The highest BCUT2D eigenvalue weighted by Gasteiger charge is 2.25. The summed E-state index contributed by atoms with van der Waals surface area (Å²) in [6, 6.07) is 11.8. The van der Waals surface area contributed by atoms with Crippen molar-refractivity contribution in [2.75, 3.05) is 32.7 Å². The molecule has 32 heavy (non-hydrogen) atoms. The zero-order valence-electron chi connectivity index (χ0n) is 17.2. The molecule has 1 aliphatic rings. The molecule has 0 amide bonds. The van der Waals surface area contributed by atoms with Crippen LogP contribution in [0.4, 0.5) is 0 Å². The summed E-state index contributed by atoms with van der Waals surface area (Å²) in [6.45, 7) is 2.35. The van der Waals surface area contributed by atoms with Crippen LogP contribution in [0, 0.1) is 0 Å². The number of piperazine rings is 1. The molecule has 1 aliphatic heterocycles. The first-order chi connectivity index (χ1) is 15.3. The molecule has 1 aromatic heterocycles. The van der Waals surface area contributed by atoms with Crippen LogP contribution < -0.4 is 5.76 Å². The number of ketones is 1. The van der Waals surface area contributed by atoms with Gasteiger partial charge in [-0.25, -0.2) is 13.2 Å². The number of benzene rings is 2. The maximum atomic E-state index is 12.6. The molecule has 0 aliphatic carbocycles. The van der Waals surface area contributed by atoms with E-state index in [-0.39, 0.29) is 5.78 Å². The van der Waals surface area contributed by atoms with Crippen molar-refractivity contribution in [3.05, 3.63) is 74.6 Å². The quantitative estimate of drug-likeness (QED) is 0.527. The van der Waals surface area contributed by atoms with E-state index in [0.717, 1.165) is 5.56 Å². The molecule has 0 bridgehead atoms. The minimum atomic E-state index is -3.52. The summed E-state index contributed by atoms with van der Waals surface area (Å²) in [5, 5.41) is 1.81. The van der Waals surface area contributed by atoms with E-state index < -0.39 is 15.8 Å². The van der Waals surface area contributed by atoms with Crippen LogP contribution in [0.2, 0.25) is 5.02 Å². The smallest absolute Gasteiger partial charge is 0.408 e. The van der Waals surface area contributed by atoms with Gasteiger partial charge in [0.15, 0.2) is 11.4 Å². The molecule has 1 fully saturated rings. The van der Waals surface area contributed by atoms with Gasteiger partial charge in [-0.1, -0.05) is 23.7 Å². The second-order valence-corrected chi connectivity index (χ2v) is 9.79. The molecule has 168 valence electrons. The standard InChI is InChI=1S/C22H22ClN3O5S/c23-18-4-1-16(2-5-18)8-14-32(29,30)26-12-10-25(11-13-26)9-7-20(27)17-3-6-19-21(15-17)31-22(28)24-19/h1-6,8,14-15H,7,9-13H2,(H,24,28)/b14-8+. The van der Waals surface area contributed by atoms with Crippen LogP contribution in [0.15, 0.2) is 57.1 Å². The Hall–Kier alpha value is -2.72. The number of nitrogens with zero attached hydrogens (tertiary/aromatic N) is 2. The van der Waals surface area contributed by atoms with Gasteiger partial charge in [0.05, 0.1) is 5.52 Å². The predicted molar refractivity (Wildman–Crippen MR) is 123 cm³/mol. The highest BCUT2D eigenvalue weighted by atomic mass is 35.5. The van der Waals surface area contributed by atoms with Crippen LogP contribution in [0.5, 0.6) is 0 Å². The van der Waals surface area contributed by atoms with E-state index in [1.807, 2.05) is 0 Å². The summed E-state index contributed by atoms with van der Waals surface area (Å²) in [5.74, 6) is -0.614. The van der Waals surface area contributed by atoms with Crippen LogP contribution >= 0.6 is 11.6 Å². The number of hydrogen-bond acceptors (Lipinski definition) is 6. The summed E-state index contributed by atoms with van der Waals surface area (Å²) in [4.78, 5) is 28.4. The largest absolute Gasteiger partial charge is 0.417 e. The van der Waals surface area contributed by atoms with Crippen LogP contribution in [-0.4, -0.2) is 61.1 Å². The van der Waals surface area contributed by atoms with E-state index >= 15 is 0 Å². The molecule has 3 aromatic rings. The van der Waals surface area contributed by atoms with Crippen molar-refractivity contribution in [1.82, 2.24) is 14.2 Å². The van der Waals surface area contributed by atoms with Crippen LogP contribution in [0.1, 0.15) is 22.3 Å². The Morgan fingerprint density at radius 2 is 1.81 bits per heavy atom. The number of H-pyrrole nitrogens is 1. The van der Waals surface area contributed by atoms with Crippen molar-refractivity contribution >= 4 is 44.6 Å². The number of rotatable bonds is 7. The monoisotopic (exact) mass is 475 g/mol. The van der Waals surface area contributed by atoms with E-state index in [4.69, 9.17) is 16.0 Å². The molecule has 0 unspecified atom stereocenters. The molecule has 4 rings (SSSR count). The Labute approximate surface area is 190 Å². The number of aromatic amines is 1. The molecule has 1 N–H and O–H groups in total. The van der Waals surface area contributed by atoms with Crippen molar-refractivity contribution in [2.24, 2.45) is 0 Å². The Morgan fingerprint density at radius 3 is 2.53 bits per heavy atom. The third kappa shape index (κ3) is 5.36. The second-order valence-electron chi connectivity index (χ2n) is 7.54. The third-order valence-electron chi connectivity index (χ3n) is 5.39. The molecule has 10 heteroatoms. The average Bonchev–Trinajstić information content (AvgIpc) is 3.16. The Balaban J connectivity index is 1.28. The van der Waals surface area contributed by atoms with Gasteiger partial charge in [0.2, 0.25) is 10.0 Å². The number of Topliss-reactive ketones (excluding diaryl/α,β-unsaturated/α-hetero) is 1. The van der Waals surface area contributed by atoms with Crippen molar-refractivity contribution in [3.63, 3.8) is 0 Å². The van der Waals surface area contributed by atoms with Crippen molar-refractivity contribution in [2.45, 2.75) is 6.42 Å². The van der Waals surface area contributed by atoms with Gasteiger partial charge < -0.3 is 9.32 Å². The van der Waals surface area contributed by atoms with Gasteiger partial charge in [-0.05, 0) is 42.0 Å². The fraction of sp³-hybridized carbons (Fsp3) is 0.273. The number of carbonyl (C=O) groups excluding carboxylic acids is 1. The Bertz CT molecular complexity index is 1300. The van der Waals surface area contributed by atoms with E-state index in [2.05, 4.69) is 9.88 Å². The molecule has 8 nitrogen and oxygen atoms in total. The van der Waals surface area contributed by atoms with E-state index in [0.29, 0.717) is 60.8 Å². The number of oxazole rings is 1. The number of fused-ring (bicyclic) bond motifs is 1. The number of sulfonamides is 1. The molecular formula is C22H22ClN3O5S. The minimum absolute atomic E-state index is 0.0586. The summed E-state index contributed by atoms with van der Waals surface area (Å²) >= 11 is 5.85. The highest BCUT2D eigenvalue weighted by molar-refractivity contribution is 7.92. The number of nitrogens with one attached hydrogen (secondary N) is 1. The summed E-state index contributed by atoms with van der Waals surface area (Å²) in [6.07, 6.45) is 1.85. The average molecular weight is 476 g/mol. The fourth-order valence-electron chi connectivity index (χ4n) is 3.55. The molecule has 2 aromatic carbocycles. The maximum absolute atomic E-state index is 12.6. The molecule has 0 spiro atoms. The van der Waals surface area contributed by atoms with Crippen LogP contribution in [0.3, 0.4) is 0 Å². The molecule has 1 saturated heterocycles. The van der Waals surface area contributed by atoms with Crippen LogP contribution in [-0.2, 0) is 10.0 Å². The molecule has 0 radical (unpaired) electrons. The third-order valence-corrected chi connectivity index (χ3v) is 7.21. The first-order valence-electron chi connectivity index (χ1n) is 10.1. The lowest BCUT2D eigenvalue weighted by molar-refractivity contribution is 0.0952. The molecule has 2 heterocycles. The second kappa shape index (κ2) is 9.41. The lowest BCUT2D eigenvalue weighted by Gasteiger charge is -2.33. The molecule has 0 atom stereocenters. The normalized spacial score (nSPS) is 16.2. The lowest BCUT2D eigenvalue weighted by Crippen LogP contribution is -2.48. The first kappa shape index (κ1) is 22.5. The van der Waals surface area contributed by atoms with Crippen molar-refractivity contribution in [3.8, 4) is 0 Å². The van der Waals surface area contributed by atoms with Gasteiger partial charge in [0.25, 0.3) is 0 Å². The highest BCUT2D eigenvalue weighted by Crippen LogP contribution is 2.16. The van der Waals surface area contributed by atoms with E-state index in [1.54, 1.807) is 48.5 Å². The SMILES string of the molecule is O=C(CCN1CCN(S(=O)(=O)/C=C/c2ccc(Cl)cc2)CC1)c1ccc2[nH]c(=O)oc2c1. The summed E-state index contributed by atoms with van der Waals surface area (Å²) in [5.41, 5.74) is 2.14. The number of aromatic nitrogens is 1. The molecular weight excluding hydrogens is 454 g/mol. The summed E-state index contributed by atoms with van der Waals surface area (Å²) < 4.78 is 31.6. The van der Waals surface area contributed by atoms with Crippen LogP contribution in [0.25, 0.3) is 17.2 Å². The predicted octanol–water partition coefficient (Wildman–Crippen LogP) is 2.97. The fourth-order valence-corrected chi connectivity index (χ4v) is 4.85. The van der Waals surface area contributed by atoms with Gasteiger partial charge in [-0.3, -0.25) is 9.78 Å². The summed E-state index contributed by atoms with van der Waals surface area (Å²) in [7, 11) is -3.52. The van der Waals surface area contributed by atoms with Gasteiger partial charge in [-0.2, -0.15) is 4.31 Å². The van der Waals surface area contributed by atoms with Crippen molar-refractivity contribution in [1.29, 1.82) is 0 Å². The lowest BCUT2D eigenvalue weighted by atomic mass is 10.1. The Kier molecular flexibility index (Phi) is 6.61. The first-order valence-corrected chi connectivity index (χ1v) is 12.0. The molecule has 0 saturated carbocycles. The van der Waals surface area contributed by atoms with E-state index in [9.17, 15) is 18.0 Å². The number of carbonyl (C=O) groups is 1.